The normalized spacial score (nSPS) is 18.4. The largest absolute Gasteiger partial charge is 0.698 e. The van der Waals surface area contributed by atoms with Gasteiger partial charge >= 0.3 is 20.2 Å². The number of hydrogen-bond donors (Lipinski definition) is 5. The SMILES string of the molecule is CCCCCCCCCCCCCCCCNC(=O)[C@@H](CO[C@H]1O[C@H](CO)[C@@H](O)[C@H](O)[C@H]1NC(C)=O)O[P+](=O)OC[C@@H](COC(=O)CCCCCCCCCCCCC)OC(=O)CCCCCCCCCCCCCCC. The predicted molar refractivity (Wildman–Crippen MR) is 305 cm³/mol. The minimum Gasteiger partial charge on any atom is -0.462 e. The van der Waals surface area contributed by atoms with Crippen LogP contribution in [0.15, 0.2) is 0 Å². The molecule has 0 aromatic heterocycles. The molecule has 1 heterocycles. The van der Waals surface area contributed by atoms with Crippen molar-refractivity contribution in [3.63, 3.8) is 0 Å². The Morgan fingerprint density at radius 3 is 1.35 bits per heavy atom. The molecule has 8 atom stereocenters. The van der Waals surface area contributed by atoms with Crippen molar-refractivity contribution in [3.8, 4) is 0 Å². The van der Waals surface area contributed by atoms with Crippen LogP contribution in [0.3, 0.4) is 0 Å². The van der Waals surface area contributed by atoms with Gasteiger partial charge in [0.05, 0.1) is 13.2 Å². The van der Waals surface area contributed by atoms with Crippen molar-refractivity contribution in [1.82, 2.24) is 10.6 Å². The second kappa shape index (κ2) is 51.8. The Bertz CT molecular complexity index is 1450. The van der Waals surface area contributed by atoms with E-state index in [2.05, 4.69) is 31.4 Å². The van der Waals surface area contributed by atoms with E-state index < -0.39 is 94.7 Å². The lowest BCUT2D eigenvalue weighted by atomic mass is 9.97. The fourth-order valence-electron chi connectivity index (χ4n) is 9.71. The molecule has 16 nitrogen and oxygen atoms in total. The van der Waals surface area contributed by atoms with Crippen molar-refractivity contribution >= 4 is 32.0 Å². The summed E-state index contributed by atoms with van der Waals surface area (Å²) >= 11 is 0. The molecule has 1 saturated heterocycles. The van der Waals surface area contributed by atoms with E-state index in [4.69, 9.17) is 28.0 Å². The van der Waals surface area contributed by atoms with E-state index in [0.29, 0.717) is 25.8 Å². The summed E-state index contributed by atoms with van der Waals surface area (Å²) in [5.41, 5.74) is 0. The summed E-state index contributed by atoms with van der Waals surface area (Å²) in [5.74, 6) is -2.16. The van der Waals surface area contributed by atoms with E-state index in [-0.39, 0.29) is 19.4 Å². The molecule has 0 bridgehead atoms. The average Bonchev–Trinajstić information content (AvgIpc) is 3.41. The number of nitrogens with one attached hydrogen (secondary N) is 2. The zero-order valence-corrected chi connectivity index (χ0v) is 50.0. The maximum Gasteiger partial charge on any atom is 0.698 e. The molecule has 5 N–H and O–H groups in total. The van der Waals surface area contributed by atoms with Crippen molar-refractivity contribution < 1.29 is 67.1 Å². The Morgan fingerprint density at radius 1 is 0.532 bits per heavy atom. The summed E-state index contributed by atoms with van der Waals surface area (Å²) in [4.78, 5) is 51.7. The van der Waals surface area contributed by atoms with Crippen LogP contribution in [-0.4, -0.2) is 115 Å². The van der Waals surface area contributed by atoms with E-state index >= 15 is 0 Å². The van der Waals surface area contributed by atoms with E-state index in [0.717, 1.165) is 57.8 Å². The van der Waals surface area contributed by atoms with Crippen LogP contribution in [0.1, 0.15) is 285 Å². The van der Waals surface area contributed by atoms with Crippen molar-refractivity contribution in [1.29, 1.82) is 0 Å². The minimum absolute atomic E-state index is 0.161. The monoisotopic (exact) mass is 1120 g/mol. The fraction of sp³-hybridized carbons (Fsp3) is 0.933. The molecule has 1 unspecified atom stereocenters. The number of carbonyl (C=O) groups excluding carboxylic acids is 4. The van der Waals surface area contributed by atoms with Gasteiger partial charge in [-0.2, -0.15) is 0 Å². The van der Waals surface area contributed by atoms with Gasteiger partial charge in [0.15, 0.2) is 12.4 Å². The quantitative estimate of drug-likeness (QED) is 0.0217. The first-order valence-corrected chi connectivity index (χ1v) is 32.5. The van der Waals surface area contributed by atoms with Crippen LogP contribution in [0.25, 0.3) is 0 Å². The van der Waals surface area contributed by atoms with Crippen LogP contribution in [0.2, 0.25) is 0 Å². The summed E-state index contributed by atoms with van der Waals surface area (Å²) in [6.07, 6.45) is 36.2. The topological polar surface area (TPSA) is 225 Å². The molecule has 0 saturated carbocycles. The summed E-state index contributed by atoms with van der Waals surface area (Å²) in [7, 11) is -3.07. The van der Waals surface area contributed by atoms with Crippen molar-refractivity contribution in [2.75, 3.05) is 33.0 Å². The number of ether oxygens (including phenoxy) is 4. The third-order valence-electron chi connectivity index (χ3n) is 14.6. The molecule has 17 heteroatoms. The van der Waals surface area contributed by atoms with Gasteiger partial charge in [-0.1, -0.05) is 245 Å². The molecule has 77 heavy (non-hydrogen) atoms. The molecule has 0 aromatic rings. The van der Waals surface area contributed by atoms with Gasteiger partial charge < -0.3 is 44.9 Å². The fourth-order valence-corrected chi connectivity index (χ4v) is 10.4. The zero-order valence-electron chi connectivity index (χ0n) is 49.1. The number of hydrogen-bond acceptors (Lipinski definition) is 14. The van der Waals surface area contributed by atoms with E-state index in [1.807, 2.05) is 0 Å². The van der Waals surface area contributed by atoms with Crippen LogP contribution >= 0.6 is 8.25 Å². The van der Waals surface area contributed by atoms with Crippen LogP contribution in [0.4, 0.5) is 0 Å². The standard InChI is InChI=1S/C60H113N2O14P/c1-5-8-11-14-17-20-23-25-27-30-33-36-39-42-45-61-59(69)53(49-72-60-56(62-50(4)64)58(68)57(67)52(46-63)75-60)76-77(70)73-48-51(47-71-54(65)43-40-37-34-31-28-22-19-16-13-10-7-3)74-55(66)44-41-38-35-32-29-26-24-21-18-15-12-9-6-2/h51-53,56-58,60,63,67-68H,5-49H2,1-4H3,(H-,61,62,64,69)/p+1/t51-,52-,53-,56-,57-,58-,60+/m1/s1. The third kappa shape index (κ3) is 41.4. The second-order valence-corrected chi connectivity index (χ2v) is 22.8. The molecule has 0 radical (unpaired) electrons. The van der Waals surface area contributed by atoms with Gasteiger partial charge in [0.1, 0.15) is 37.6 Å². The first kappa shape index (κ1) is 72.7. The van der Waals surface area contributed by atoms with Gasteiger partial charge in [-0.05, 0) is 19.3 Å². The Balaban J connectivity index is 2.87. The summed E-state index contributed by atoms with van der Waals surface area (Å²) in [6.45, 7) is 6.16. The first-order valence-electron chi connectivity index (χ1n) is 31.4. The molecule has 1 aliphatic heterocycles. The first-order chi connectivity index (χ1) is 37.5. The number of aliphatic hydroxyl groups excluding tert-OH is 3. The molecular formula is C60H114N2O14P+. The lowest BCUT2D eigenvalue weighted by Crippen LogP contribution is -2.64. The van der Waals surface area contributed by atoms with Gasteiger partial charge in [-0.25, -0.2) is 0 Å². The third-order valence-corrected chi connectivity index (χ3v) is 15.3. The molecule has 0 aromatic carbocycles. The van der Waals surface area contributed by atoms with Gasteiger partial charge in [0.2, 0.25) is 12.0 Å². The summed E-state index contributed by atoms with van der Waals surface area (Å²) in [6, 6.07) is -1.29. The maximum atomic E-state index is 13.7. The number of aliphatic hydroxyl groups is 3. The lowest BCUT2D eigenvalue weighted by Gasteiger charge is -2.42. The highest BCUT2D eigenvalue weighted by molar-refractivity contribution is 7.33. The van der Waals surface area contributed by atoms with Crippen LogP contribution in [-0.2, 0) is 51.7 Å². The van der Waals surface area contributed by atoms with E-state index in [1.165, 1.54) is 174 Å². The van der Waals surface area contributed by atoms with Crippen LogP contribution in [0, 0.1) is 0 Å². The summed E-state index contributed by atoms with van der Waals surface area (Å²) < 4.78 is 47.6. The number of carbonyl (C=O) groups is 4. The molecule has 1 aliphatic rings. The average molecular weight is 1120 g/mol. The summed E-state index contributed by atoms with van der Waals surface area (Å²) in [5, 5.41) is 36.5. The Hall–Kier alpha value is -2.30. The molecule has 1 fully saturated rings. The lowest BCUT2D eigenvalue weighted by molar-refractivity contribution is -0.273. The highest BCUT2D eigenvalue weighted by Gasteiger charge is 2.46. The number of unbranched alkanes of at least 4 members (excludes halogenated alkanes) is 35. The Kier molecular flexibility index (Phi) is 48.9. The Labute approximate surface area is 468 Å². The van der Waals surface area contributed by atoms with Crippen molar-refractivity contribution in [3.05, 3.63) is 0 Å². The molecule has 0 aliphatic carbocycles. The van der Waals surface area contributed by atoms with Crippen LogP contribution in [0.5, 0.6) is 0 Å². The minimum atomic E-state index is -3.07. The Morgan fingerprint density at radius 2 is 0.935 bits per heavy atom. The van der Waals surface area contributed by atoms with Gasteiger partial charge in [0, 0.05) is 30.9 Å². The number of rotatable bonds is 55. The van der Waals surface area contributed by atoms with Crippen molar-refractivity contribution in [2.24, 2.45) is 0 Å². The second-order valence-electron chi connectivity index (χ2n) is 21.8. The molecule has 452 valence electrons. The number of amides is 2. The highest BCUT2D eigenvalue weighted by atomic mass is 31.1. The van der Waals surface area contributed by atoms with Gasteiger partial charge in [0.25, 0.3) is 5.91 Å². The zero-order chi connectivity index (χ0) is 56.4. The molecule has 1 rings (SSSR count). The van der Waals surface area contributed by atoms with Gasteiger partial charge in [-0.15, -0.1) is 9.05 Å². The predicted octanol–water partition coefficient (Wildman–Crippen LogP) is 13.2. The highest BCUT2D eigenvalue weighted by Crippen LogP contribution is 2.29. The molecule has 0 spiro atoms. The molecular weight excluding hydrogens is 1000 g/mol. The van der Waals surface area contributed by atoms with E-state index in [1.54, 1.807) is 0 Å². The number of esters is 2. The van der Waals surface area contributed by atoms with Crippen molar-refractivity contribution in [2.45, 2.75) is 327 Å². The smallest absolute Gasteiger partial charge is 0.462 e. The molecule has 2 amide bonds. The maximum absolute atomic E-state index is 13.7. The van der Waals surface area contributed by atoms with Crippen LogP contribution < -0.4 is 10.6 Å². The van der Waals surface area contributed by atoms with Gasteiger partial charge in [-0.3, -0.25) is 19.2 Å². The van der Waals surface area contributed by atoms with E-state index in [9.17, 15) is 39.1 Å².